The minimum atomic E-state index is -0.440. The molecule has 0 bridgehead atoms. The number of carbonyl (C=O) groups excluding carboxylic acids is 1. The van der Waals surface area contributed by atoms with Crippen LogP contribution in [-0.4, -0.2) is 30.7 Å². The van der Waals surface area contributed by atoms with Gasteiger partial charge in [-0.1, -0.05) is 0 Å². The van der Waals surface area contributed by atoms with Crippen molar-refractivity contribution in [3.05, 3.63) is 0 Å². The highest BCUT2D eigenvalue weighted by atomic mass is 16.5. The molecule has 0 radical (unpaired) electrons. The molecule has 5 heteroatoms. The van der Waals surface area contributed by atoms with Crippen molar-refractivity contribution >= 4 is 5.91 Å². The van der Waals surface area contributed by atoms with E-state index in [1.807, 2.05) is 27.7 Å². The fourth-order valence-corrected chi connectivity index (χ4v) is 1.18. The highest BCUT2D eigenvalue weighted by molar-refractivity contribution is 5.76. The first-order valence-electron chi connectivity index (χ1n) is 5.55. The predicted octanol–water partition coefficient (Wildman–Crippen LogP) is 0.550. The van der Waals surface area contributed by atoms with Crippen LogP contribution in [-0.2, 0) is 9.53 Å². The summed E-state index contributed by atoms with van der Waals surface area (Å²) in [5.74, 6) is 5.38. The fourth-order valence-electron chi connectivity index (χ4n) is 1.18. The lowest BCUT2D eigenvalue weighted by Gasteiger charge is -2.28. The van der Waals surface area contributed by atoms with E-state index in [4.69, 9.17) is 10.6 Å². The lowest BCUT2D eigenvalue weighted by Crippen LogP contribution is -2.45. The van der Waals surface area contributed by atoms with E-state index in [9.17, 15) is 4.79 Å². The molecule has 0 saturated carbocycles. The van der Waals surface area contributed by atoms with E-state index >= 15 is 0 Å². The van der Waals surface area contributed by atoms with Crippen molar-refractivity contribution in [1.82, 2.24) is 10.7 Å². The van der Waals surface area contributed by atoms with Gasteiger partial charge in [-0.3, -0.25) is 16.1 Å². The molecule has 0 fully saturated rings. The SMILES string of the molecule is CNC(=O)CC(C)(C)OCCC(C)(C)NN. The molecule has 0 spiro atoms. The molecular formula is C11H25N3O2. The zero-order valence-corrected chi connectivity index (χ0v) is 11.0. The summed E-state index contributed by atoms with van der Waals surface area (Å²) in [5.41, 5.74) is 2.13. The van der Waals surface area contributed by atoms with Gasteiger partial charge in [0.05, 0.1) is 12.0 Å². The molecule has 0 aromatic rings. The van der Waals surface area contributed by atoms with Crippen LogP contribution in [0.4, 0.5) is 0 Å². The molecule has 0 atom stereocenters. The second-order valence-electron chi connectivity index (χ2n) is 5.24. The van der Waals surface area contributed by atoms with Gasteiger partial charge in [-0.2, -0.15) is 0 Å². The van der Waals surface area contributed by atoms with Crippen LogP contribution in [0.5, 0.6) is 0 Å². The Bertz CT molecular complexity index is 227. The topological polar surface area (TPSA) is 76.4 Å². The van der Waals surface area contributed by atoms with Crippen LogP contribution in [0, 0.1) is 0 Å². The van der Waals surface area contributed by atoms with Crippen LogP contribution in [0.1, 0.15) is 40.5 Å². The lowest BCUT2D eigenvalue weighted by molar-refractivity contribution is -0.127. The van der Waals surface area contributed by atoms with Crippen LogP contribution in [0.15, 0.2) is 0 Å². The monoisotopic (exact) mass is 231 g/mol. The highest BCUT2D eigenvalue weighted by Gasteiger charge is 2.23. The van der Waals surface area contributed by atoms with E-state index in [1.165, 1.54) is 0 Å². The second kappa shape index (κ2) is 6.18. The number of hydrogen-bond donors (Lipinski definition) is 3. The van der Waals surface area contributed by atoms with Crippen molar-refractivity contribution in [2.45, 2.75) is 51.7 Å². The Kier molecular flexibility index (Phi) is 5.92. The number of nitrogens with one attached hydrogen (secondary N) is 2. The summed E-state index contributed by atoms with van der Waals surface area (Å²) >= 11 is 0. The number of hydrazine groups is 1. The molecule has 16 heavy (non-hydrogen) atoms. The van der Waals surface area contributed by atoms with Crippen molar-refractivity contribution in [3.8, 4) is 0 Å². The van der Waals surface area contributed by atoms with Gasteiger partial charge in [0.1, 0.15) is 0 Å². The van der Waals surface area contributed by atoms with Crippen molar-refractivity contribution in [2.75, 3.05) is 13.7 Å². The minimum absolute atomic E-state index is 0.0128. The fraction of sp³-hybridized carbons (Fsp3) is 0.909. The first kappa shape index (κ1) is 15.3. The van der Waals surface area contributed by atoms with Gasteiger partial charge in [-0.05, 0) is 34.1 Å². The van der Waals surface area contributed by atoms with Gasteiger partial charge in [0.15, 0.2) is 0 Å². The number of rotatable bonds is 7. The minimum Gasteiger partial charge on any atom is -0.375 e. The molecule has 0 aromatic heterocycles. The summed E-state index contributed by atoms with van der Waals surface area (Å²) in [6.07, 6.45) is 1.15. The summed E-state index contributed by atoms with van der Waals surface area (Å²) in [7, 11) is 1.62. The van der Waals surface area contributed by atoms with Crippen LogP contribution in [0.3, 0.4) is 0 Å². The molecule has 0 unspecified atom stereocenters. The van der Waals surface area contributed by atoms with E-state index in [0.717, 1.165) is 6.42 Å². The number of carbonyl (C=O) groups is 1. The van der Waals surface area contributed by atoms with E-state index in [2.05, 4.69) is 10.7 Å². The summed E-state index contributed by atoms with van der Waals surface area (Å²) in [6, 6.07) is 0. The third-order valence-electron chi connectivity index (χ3n) is 2.48. The number of hydrogen-bond acceptors (Lipinski definition) is 4. The van der Waals surface area contributed by atoms with Gasteiger partial charge in [0.2, 0.25) is 5.91 Å². The third-order valence-corrected chi connectivity index (χ3v) is 2.48. The van der Waals surface area contributed by atoms with Gasteiger partial charge >= 0.3 is 0 Å². The van der Waals surface area contributed by atoms with Crippen LogP contribution in [0.2, 0.25) is 0 Å². The molecule has 0 aliphatic rings. The van der Waals surface area contributed by atoms with Gasteiger partial charge in [-0.15, -0.1) is 0 Å². The van der Waals surface area contributed by atoms with Gasteiger partial charge in [0.25, 0.3) is 0 Å². The zero-order valence-electron chi connectivity index (χ0n) is 11.0. The largest absolute Gasteiger partial charge is 0.375 e. The van der Waals surface area contributed by atoms with Crippen molar-refractivity contribution in [2.24, 2.45) is 5.84 Å². The molecule has 5 nitrogen and oxygen atoms in total. The van der Waals surface area contributed by atoms with Gasteiger partial charge in [0, 0.05) is 19.2 Å². The number of nitrogens with two attached hydrogens (primary N) is 1. The molecular weight excluding hydrogens is 206 g/mol. The first-order valence-corrected chi connectivity index (χ1v) is 5.55. The van der Waals surface area contributed by atoms with E-state index in [-0.39, 0.29) is 11.4 Å². The summed E-state index contributed by atoms with van der Waals surface area (Å²) in [5, 5.41) is 2.59. The third kappa shape index (κ3) is 6.76. The molecule has 4 N–H and O–H groups in total. The Labute approximate surface area is 98.1 Å². The lowest BCUT2D eigenvalue weighted by atomic mass is 10.0. The Hall–Kier alpha value is -0.650. The second-order valence-corrected chi connectivity index (χ2v) is 5.24. The zero-order chi connectivity index (χ0) is 12.8. The van der Waals surface area contributed by atoms with Crippen LogP contribution >= 0.6 is 0 Å². The molecule has 1 amide bonds. The number of amides is 1. The standard InChI is InChI=1S/C11H25N3O2/c1-10(2,14-12)6-7-16-11(3,4)8-9(15)13-5/h14H,6-8,12H2,1-5H3,(H,13,15). The average molecular weight is 231 g/mol. The maximum absolute atomic E-state index is 11.2. The van der Waals surface area contributed by atoms with E-state index in [0.29, 0.717) is 13.0 Å². The number of ether oxygens (including phenoxy) is 1. The summed E-state index contributed by atoms with van der Waals surface area (Å²) in [6.45, 7) is 8.39. The smallest absolute Gasteiger partial charge is 0.222 e. The molecule has 0 aromatic carbocycles. The quantitative estimate of drug-likeness (QED) is 0.442. The Balaban J connectivity index is 3.95. The van der Waals surface area contributed by atoms with Gasteiger partial charge < -0.3 is 10.1 Å². The molecule has 0 heterocycles. The van der Waals surface area contributed by atoms with Crippen LogP contribution in [0.25, 0.3) is 0 Å². The molecule has 0 rings (SSSR count). The Morgan fingerprint density at radius 3 is 2.31 bits per heavy atom. The van der Waals surface area contributed by atoms with E-state index in [1.54, 1.807) is 7.05 Å². The summed E-state index contributed by atoms with van der Waals surface area (Å²) < 4.78 is 5.68. The highest BCUT2D eigenvalue weighted by Crippen LogP contribution is 2.16. The van der Waals surface area contributed by atoms with Crippen LogP contribution < -0.4 is 16.6 Å². The average Bonchev–Trinajstić information content (AvgIpc) is 2.16. The van der Waals surface area contributed by atoms with E-state index < -0.39 is 5.60 Å². The van der Waals surface area contributed by atoms with Crippen molar-refractivity contribution < 1.29 is 9.53 Å². The summed E-state index contributed by atoms with van der Waals surface area (Å²) in [4.78, 5) is 11.2. The molecule has 96 valence electrons. The van der Waals surface area contributed by atoms with Gasteiger partial charge in [-0.25, -0.2) is 0 Å². The molecule has 0 saturated heterocycles. The normalized spacial score (nSPS) is 12.6. The maximum atomic E-state index is 11.2. The Morgan fingerprint density at radius 2 is 1.88 bits per heavy atom. The maximum Gasteiger partial charge on any atom is 0.222 e. The molecule has 0 aliphatic carbocycles. The Morgan fingerprint density at radius 1 is 1.31 bits per heavy atom. The predicted molar refractivity (Wildman–Crippen MR) is 64.7 cm³/mol. The van der Waals surface area contributed by atoms with Crippen molar-refractivity contribution in [1.29, 1.82) is 0 Å². The van der Waals surface area contributed by atoms with Crippen molar-refractivity contribution in [3.63, 3.8) is 0 Å². The first-order chi connectivity index (χ1) is 7.22. The molecule has 0 aliphatic heterocycles.